The molecule has 25 heavy (non-hydrogen) atoms. The molecule has 1 aliphatic heterocycles. The van der Waals surface area contributed by atoms with Crippen LogP contribution in [-0.4, -0.2) is 74.0 Å². The van der Waals surface area contributed by atoms with E-state index in [1.807, 2.05) is 0 Å². The Morgan fingerprint density at radius 3 is 2.40 bits per heavy atom. The highest BCUT2D eigenvalue weighted by atomic mass is 16.2. The van der Waals surface area contributed by atoms with Crippen molar-refractivity contribution in [2.24, 2.45) is 4.99 Å². The predicted molar refractivity (Wildman–Crippen MR) is 104 cm³/mol. The first-order valence-electron chi connectivity index (χ1n) is 10.1. The quantitative estimate of drug-likeness (QED) is 0.566. The lowest BCUT2D eigenvalue weighted by Crippen LogP contribution is -2.51. The zero-order valence-electron chi connectivity index (χ0n) is 16.4. The van der Waals surface area contributed by atoms with Crippen molar-refractivity contribution >= 4 is 11.9 Å². The van der Waals surface area contributed by atoms with Gasteiger partial charge in [0.2, 0.25) is 5.91 Å². The van der Waals surface area contributed by atoms with Gasteiger partial charge in [-0.05, 0) is 32.1 Å². The second-order valence-electron chi connectivity index (χ2n) is 7.63. The monoisotopic (exact) mass is 351 g/mol. The minimum atomic E-state index is 0.0321. The molecule has 1 amide bonds. The summed E-state index contributed by atoms with van der Waals surface area (Å²) in [6.07, 6.45) is 10.4. The normalized spacial score (nSPS) is 21.2. The first-order chi connectivity index (χ1) is 12.1. The zero-order chi connectivity index (χ0) is 18.1. The van der Waals surface area contributed by atoms with Crippen molar-refractivity contribution < 1.29 is 4.79 Å². The number of hydrogen-bond donors (Lipinski definition) is 2. The Hall–Kier alpha value is -1.30. The summed E-state index contributed by atoms with van der Waals surface area (Å²) in [4.78, 5) is 20.5. The molecule has 144 valence electrons. The number of likely N-dealkylation sites (tertiary alicyclic amines) is 1. The average Bonchev–Trinajstić information content (AvgIpc) is 2.64. The van der Waals surface area contributed by atoms with Crippen LogP contribution in [0.4, 0.5) is 0 Å². The van der Waals surface area contributed by atoms with Crippen molar-refractivity contribution in [2.45, 2.75) is 70.4 Å². The molecule has 1 saturated heterocycles. The van der Waals surface area contributed by atoms with Crippen LogP contribution in [0.1, 0.15) is 58.3 Å². The Bertz CT molecular complexity index is 424. The number of guanidine groups is 1. The van der Waals surface area contributed by atoms with Gasteiger partial charge in [-0.15, -0.1) is 0 Å². The molecule has 0 atom stereocenters. The molecule has 0 aromatic rings. The van der Waals surface area contributed by atoms with Gasteiger partial charge in [0.1, 0.15) is 6.54 Å². The topological polar surface area (TPSA) is 60.0 Å². The SMILES string of the molecule is CCCNC(=NCC(=O)N(C)C)NC1CCN(C2CCCCC2)CC1. The average molecular weight is 352 g/mol. The van der Waals surface area contributed by atoms with E-state index in [1.165, 1.54) is 45.2 Å². The number of likely N-dealkylation sites (N-methyl/N-ethyl adjacent to an activating group) is 1. The van der Waals surface area contributed by atoms with Gasteiger partial charge in [-0.2, -0.15) is 0 Å². The summed E-state index contributed by atoms with van der Waals surface area (Å²) in [5.41, 5.74) is 0. The van der Waals surface area contributed by atoms with Crippen LogP contribution in [-0.2, 0) is 4.79 Å². The molecule has 1 saturated carbocycles. The van der Waals surface area contributed by atoms with Crippen molar-refractivity contribution in [3.8, 4) is 0 Å². The van der Waals surface area contributed by atoms with Gasteiger partial charge in [-0.25, -0.2) is 4.99 Å². The third kappa shape index (κ3) is 6.84. The van der Waals surface area contributed by atoms with Gasteiger partial charge in [-0.3, -0.25) is 4.79 Å². The lowest BCUT2D eigenvalue weighted by Gasteiger charge is -2.39. The maximum atomic E-state index is 11.8. The molecule has 6 heteroatoms. The van der Waals surface area contributed by atoms with E-state index < -0.39 is 0 Å². The van der Waals surface area contributed by atoms with Gasteiger partial charge >= 0.3 is 0 Å². The molecule has 0 radical (unpaired) electrons. The number of nitrogens with zero attached hydrogens (tertiary/aromatic N) is 3. The molecule has 0 bridgehead atoms. The fourth-order valence-electron chi connectivity index (χ4n) is 3.73. The molecule has 2 rings (SSSR count). The Labute approximate surface area is 153 Å². The minimum Gasteiger partial charge on any atom is -0.356 e. The molecule has 1 heterocycles. The summed E-state index contributed by atoms with van der Waals surface area (Å²) in [5.74, 6) is 0.817. The molecule has 0 unspecified atom stereocenters. The largest absolute Gasteiger partial charge is 0.356 e. The molecule has 0 aromatic carbocycles. The lowest BCUT2D eigenvalue weighted by atomic mass is 9.92. The Morgan fingerprint density at radius 1 is 1.12 bits per heavy atom. The van der Waals surface area contributed by atoms with Gasteiger partial charge in [-0.1, -0.05) is 26.2 Å². The summed E-state index contributed by atoms with van der Waals surface area (Å²) >= 11 is 0. The van der Waals surface area contributed by atoms with Crippen molar-refractivity contribution in [1.82, 2.24) is 20.4 Å². The summed E-state index contributed by atoms with van der Waals surface area (Å²) < 4.78 is 0. The smallest absolute Gasteiger partial charge is 0.243 e. The number of aliphatic imine (C=N–C) groups is 1. The van der Waals surface area contributed by atoms with E-state index >= 15 is 0 Å². The zero-order valence-corrected chi connectivity index (χ0v) is 16.4. The summed E-state index contributed by atoms with van der Waals surface area (Å²) in [6.45, 7) is 5.58. The minimum absolute atomic E-state index is 0.0321. The van der Waals surface area contributed by atoms with Crippen molar-refractivity contribution in [2.75, 3.05) is 40.3 Å². The van der Waals surface area contributed by atoms with Crippen LogP contribution in [0.15, 0.2) is 4.99 Å². The standard InChI is InChI=1S/C19H37N5O/c1-4-12-20-19(21-15-18(25)23(2)3)22-16-10-13-24(14-11-16)17-8-6-5-7-9-17/h16-17H,4-15H2,1-3H3,(H2,20,21,22). The predicted octanol–water partition coefficient (Wildman–Crippen LogP) is 1.82. The highest BCUT2D eigenvalue weighted by molar-refractivity contribution is 5.84. The van der Waals surface area contributed by atoms with E-state index in [1.54, 1.807) is 19.0 Å². The van der Waals surface area contributed by atoms with Crippen LogP contribution in [0.3, 0.4) is 0 Å². The highest BCUT2D eigenvalue weighted by Gasteiger charge is 2.26. The van der Waals surface area contributed by atoms with Crippen LogP contribution in [0, 0.1) is 0 Å². The maximum Gasteiger partial charge on any atom is 0.243 e. The molecule has 6 nitrogen and oxygen atoms in total. The second kappa shape index (κ2) is 10.6. The number of rotatable bonds is 6. The molecule has 1 aliphatic carbocycles. The Balaban J connectivity index is 1.80. The second-order valence-corrected chi connectivity index (χ2v) is 7.63. The summed E-state index contributed by atoms with van der Waals surface area (Å²) in [5, 5.41) is 6.89. The van der Waals surface area contributed by atoms with E-state index in [4.69, 9.17) is 0 Å². The Morgan fingerprint density at radius 2 is 1.80 bits per heavy atom. The van der Waals surface area contributed by atoms with Gasteiger partial charge < -0.3 is 20.4 Å². The third-order valence-corrected chi connectivity index (χ3v) is 5.38. The first-order valence-corrected chi connectivity index (χ1v) is 10.1. The van der Waals surface area contributed by atoms with Crippen molar-refractivity contribution in [1.29, 1.82) is 0 Å². The molecule has 0 aromatic heterocycles. The van der Waals surface area contributed by atoms with Crippen LogP contribution in [0.5, 0.6) is 0 Å². The summed E-state index contributed by atoms with van der Waals surface area (Å²) in [7, 11) is 3.54. The van der Waals surface area contributed by atoms with Crippen LogP contribution < -0.4 is 10.6 Å². The van der Waals surface area contributed by atoms with E-state index in [0.29, 0.717) is 6.04 Å². The van der Waals surface area contributed by atoms with Crippen molar-refractivity contribution in [3.63, 3.8) is 0 Å². The van der Waals surface area contributed by atoms with Crippen LogP contribution in [0.2, 0.25) is 0 Å². The molecule has 0 spiro atoms. The fraction of sp³-hybridized carbons (Fsp3) is 0.895. The molecular formula is C19H37N5O. The number of piperidine rings is 1. The van der Waals surface area contributed by atoms with Crippen LogP contribution >= 0.6 is 0 Å². The fourth-order valence-corrected chi connectivity index (χ4v) is 3.73. The number of nitrogens with one attached hydrogen (secondary N) is 2. The molecular weight excluding hydrogens is 314 g/mol. The number of carbonyl (C=O) groups excluding carboxylic acids is 1. The maximum absolute atomic E-state index is 11.8. The lowest BCUT2D eigenvalue weighted by molar-refractivity contribution is -0.127. The molecule has 2 fully saturated rings. The van der Waals surface area contributed by atoms with E-state index in [2.05, 4.69) is 27.4 Å². The number of carbonyl (C=O) groups is 1. The molecule has 2 N–H and O–H groups in total. The number of amides is 1. The van der Waals surface area contributed by atoms with Gasteiger partial charge in [0.25, 0.3) is 0 Å². The third-order valence-electron chi connectivity index (χ3n) is 5.38. The Kier molecular flexibility index (Phi) is 8.52. The molecule has 2 aliphatic rings. The van der Waals surface area contributed by atoms with Gasteiger partial charge in [0.05, 0.1) is 0 Å². The van der Waals surface area contributed by atoms with E-state index in [-0.39, 0.29) is 12.5 Å². The van der Waals surface area contributed by atoms with Crippen LogP contribution in [0.25, 0.3) is 0 Å². The van der Waals surface area contributed by atoms with Crippen molar-refractivity contribution in [3.05, 3.63) is 0 Å². The number of hydrogen-bond acceptors (Lipinski definition) is 3. The summed E-state index contributed by atoms with van der Waals surface area (Å²) in [6, 6.07) is 1.27. The van der Waals surface area contributed by atoms with E-state index in [0.717, 1.165) is 37.8 Å². The highest BCUT2D eigenvalue weighted by Crippen LogP contribution is 2.25. The van der Waals surface area contributed by atoms with Gasteiger partial charge in [0.15, 0.2) is 5.96 Å². The van der Waals surface area contributed by atoms with E-state index in [9.17, 15) is 4.79 Å². The van der Waals surface area contributed by atoms with Gasteiger partial charge in [0, 0.05) is 45.8 Å². The first kappa shape index (κ1) is 20.0.